The second-order valence-corrected chi connectivity index (χ2v) is 9.49. The molecule has 0 aromatic carbocycles. The highest BCUT2D eigenvalue weighted by Crippen LogP contribution is 2.32. The molecule has 0 bridgehead atoms. The Labute approximate surface area is 144 Å². The van der Waals surface area contributed by atoms with Crippen molar-refractivity contribution in [1.82, 2.24) is 9.29 Å². The van der Waals surface area contributed by atoms with Crippen molar-refractivity contribution in [3.8, 4) is 6.07 Å². The van der Waals surface area contributed by atoms with Crippen LogP contribution in [-0.2, 0) is 14.8 Å². The smallest absolute Gasteiger partial charge is 0.229 e. The summed E-state index contributed by atoms with van der Waals surface area (Å²) in [6.45, 7) is 2.59. The van der Waals surface area contributed by atoms with Gasteiger partial charge in [0.2, 0.25) is 15.9 Å². The Morgan fingerprint density at radius 1 is 1.52 bits per heavy atom. The summed E-state index contributed by atoms with van der Waals surface area (Å²) in [5, 5.41) is 11.9. The molecule has 0 radical (unpaired) electrons. The van der Waals surface area contributed by atoms with E-state index in [0.29, 0.717) is 36.8 Å². The minimum Gasteiger partial charge on any atom is -0.302 e. The number of sulfonamides is 1. The monoisotopic (exact) mass is 374 g/mol. The summed E-state index contributed by atoms with van der Waals surface area (Å²) in [7, 11) is -3.18. The van der Waals surface area contributed by atoms with E-state index in [2.05, 4.69) is 16.4 Å². The number of nitriles is 1. The van der Waals surface area contributed by atoms with E-state index < -0.39 is 10.0 Å². The van der Waals surface area contributed by atoms with Crippen LogP contribution < -0.4 is 5.32 Å². The lowest BCUT2D eigenvalue weighted by molar-refractivity contribution is -0.120. The van der Waals surface area contributed by atoms with Gasteiger partial charge >= 0.3 is 0 Å². The maximum atomic E-state index is 12.3. The summed E-state index contributed by atoms with van der Waals surface area (Å²) >= 11 is 2.76. The highest BCUT2D eigenvalue weighted by Gasteiger charge is 2.29. The molecule has 0 saturated carbocycles. The first-order valence-electron chi connectivity index (χ1n) is 7.04. The molecule has 1 aliphatic rings. The third-order valence-electron chi connectivity index (χ3n) is 3.55. The summed E-state index contributed by atoms with van der Waals surface area (Å²) in [6, 6.07) is 2.06. The van der Waals surface area contributed by atoms with E-state index in [9.17, 15) is 13.2 Å². The lowest BCUT2D eigenvalue weighted by Crippen LogP contribution is -2.40. The zero-order valence-electron chi connectivity index (χ0n) is 12.9. The number of nitrogens with zero attached hydrogens (tertiary/aromatic N) is 3. The molecular formula is C13H18N4O3S3. The van der Waals surface area contributed by atoms with E-state index >= 15 is 0 Å². The molecule has 126 valence electrons. The number of aromatic nitrogens is 1. The molecule has 1 aromatic rings. The maximum absolute atomic E-state index is 12.3. The van der Waals surface area contributed by atoms with Gasteiger partial charge < -0.3 is 5.32 Å². The van der Waals surface area contributed by atoms with Crippen LogP contribution >= 0.6 is 23.1 Å². The Morgan fingerprint density at radius 3 is 2.74 bits per heavy atom. The standard InChI is InChI=1S/C13H18N4O3S3/c1-9-12(21-8-5-14)22-13(15-9)16-11(18)10-3-6-17(7-4-10)23(2,19)20/h10H,3-4,6-8H2,1-2H3,(H,15,16,18). The van der Waals surface area contributed by atoms with Crippen LogP contribution in [0.4, 0.5) is 5.13 Å². The molecule has 1 aromatic heterocycles. The Hall–Kier alpha value is -1.15. The average Bonchev–Trinajstić information content (AvgIpc) is 2.84. The fourth-order valence-corrected chi connectivity index (χ4v) is 5.00. The second-order valence-electron chi connectivity index (χ2n) is 5.26. The van der Waals surface area contributed by atoms with Gasteiger partial charge in [0.1, 0.15) is 0 Å². The van der Waals surface area contributed by atoms with Crippen LogP contribution in [0.5, 0.6) is 0 Å². The van der Waals surface area contributed by atoms with Crippen molar-refractivity contribution in [3.05, 3.63) is 5.69 Å². The minimum absolute atomic E-state index is 0.122. The number of hydrogen-bond donors (Lipinski definition) is 1. The van der Waals surface area contributed by atoms with E-state index in [4.69, 9.17) is 5.26 Å². The molecule has 0 unspecified atom stereocenters. The van der Waals surface area contributed by atoms with Crippen molar-refractivity contribution in [2.75, 3.05) is 30.4 Å². The predicted octanol–water partition coefficient (Wildman–Crippen LogP) is 1.68. The lowest BCUT2D eigenvalue weighted by atomic mass is 9.97. The molecule has 0 atom stereocenters. The molecule has 0 aliphatic carbocycles. The third-order valence-corrected chi connectivity index (χ3v) is 7.15. The van der Waals surface area contributed by atoms with Gasteiger partial charge in [-0.25, -0.2) is 17.7 Å². The summed E-state index contributed by atoms with van der Waals surface area (Å²) in [5.74, 6) is 0.0246. The van der Waals surface area contributed by atoms with Gasteiger partial charge in [0, 0.05) is 19.0 Å². The number of thioether (sulfide) groups is 1. The molecule has 1 amide bonds. The topological polar surface area (TPSA) is 103 Å². The zero-order valence-corrected chi connectivity index (χ0v) is 15.4. The number of carbonyl (C=O) groups excluding carboxylic acids is 1. The normalized spacial score (nSPS) is 16.9. The number of rotatable bonds is 5. The Kier molecular flexibility index (Phi) is 6.02. The van der Waals surface area contributed by atoms with Gasteiger partial charge in [-0.2, -0.15) is 5.26 Å². The fraction of sp³-hybridized carbons (Fsp3) is 0.615. The van der Waals surface area contributed by atoms with Crippen LogP contribution in [0.25, 0.3) is 0 Å². The van der Waals surface area contributed by atoms with Gasteiger partial charge in [-0.3, -0.25) is 4.79 Å². The first kappa shape index (κ1) is 18.2. The molecule has 0 spiro atoms. The highest BCUT2D eigenvalue weighted by molar-refractivity contribution is 8.01. The quantitative estimate of drug-likeness (QED) is 0.787. The van der Waals surface area contributed by atoms with E-state index in [-0.39, 0.29) is 11.8 Å². The van der Waals surface area contributed by atoms with Crippen molar-refractivity contribution < 1.29 is 13.2 Å². The number of carbonyl (C=O) groups is 1. The Bertz CT molecular complexity index is 715. The Morgan fingerprint density at radius 2 is 2.17 bits per heavy atom. The molecule has 2 heterocycles. The molecule has 2 rings (SSSR count). The van der Waals surface area contributed by atoms with Gasteiger partial charge in [0.25, 0.3) is 0 Å². The summed E-state index contributed by atoms with van der Waals surface area (Å²) in [5.41, 5.74) is 0.803. The van der Waals surface area contributed by atoms with Gasteiger partial charge in [-0.1, -0.05) is 23.1 Å². The van der Waals surface area contributed by atoms with Crippen molar-refractivity contribution in [2.24, 2.45) is 5.92 Å². The second kappa shape index (κ2) is 7.61. The predicted molar refractivity (Wildman–Crippen MR) is 91.0 cm³/mol. The fourth-order valence-electron chi connectivity index (χ4n) is 2.32. The summed E-state index contributed by atoms with van der Waals surface area (Å²) in [4.78, 5) is 16.6. The SMILES string of the molecule is Cc1nc(NC(=O)C2CCN(S(C)(=O)=O)CC2)sc1SCC#N. The zero-order chi connectivity index (χ0) is 17.0. The van der Waals surface area contributed by atoms with Crippen molar-refractivity contribution in [2.45, 2.75) is 24.0 Å². The van der Waals surface area contributed by atoms with Crippen LogP contribution in [-0.4, -0.2) is 48.7 Å². The van der Waals surface area contributed by atoms with Crippen LogP contribution in [0.2, 0.25) is 0 Å². The number of thiazole rings is 1. The number of aryl methyl sites for hydroxylation is 1. The first-order chi connectivity index (χ1) is 10.8. The van der Waals surface area contributed by atoms with E-state index in [1.807, 2.05) is 6.92 Å². The van der Waals surface area contributed by atoms with Gasteiger partial charge in [0.15, 0.2) is 5.13 Å². The molecule has 7 nitrogen and oxygen atoms in total. The number of hydrogen-bond acceptors (Lipinski definition) is 7. The number of piperidine rings is 1. The van der Waals surface area contributed by atoms with Gasteiger partial charge in [-0.15, -0.1) is 0 Å². The molecule has 10 heteroatoms. The average molecular weight is 375 g/mol. The van der Waals surface area contributed by atoms with Crippen molar-refractivity contribution in [3.63, 3.8) is 0 Å². The highest BCUT2D eigenvalue weighted by atomic mass is 32.2. The van der Waals surface area contributed by atoms with E-state index in [0.717, 1.165) is 9.90 Å². The number of amides is 1. The number of anilines is 1. The molecular weight excluding hydrogens is 356 g/mol. The molecule has 1 fully saturated rings. The van der Waals surface area contributed by atoms with Crippen LogP contribution in [0.15, 0.2) is 4.21 Å². The summed E-state index contributed by atoms with van der Waals surface area (Å²) < 4.78 is 25.3. The first-order valence-corrected chi connectivity index (χ1v) is 10.7. The van der Waals surface area contributed by atoms with Gasteiger partial charge in [0.05, 0.1) is 28.0 Å². The Balaban J connectivity index is 1.92. The molecule has 1 N–H and O–H groups in total. The van der Waals surface area contributed by atoms with Gasteiger partial charge in [-0.05, 0) is 19.8 Å². The minimum atomic E-state index is -3.18. The summed E-state index contributed by atoms with van der Waals surface area (Å²) in [6.07, 6.45) is 2.21. The van der Waals surface area contributed by atoms with E-state index in [1.165, 1.54) is 33.7 Å². The van der Waals surface area contributed by atoms with Crippen LogP contribution in [0.1, 0.15) is 18.5 Å². The van der Waals surface area contributed by atoms with Crippen LogP contribution in [0.3, 0.4) is 0 Å². The lowest BCUT2D eigenvalue weighted by Gasteiger charge is -2.29. The third kappa shape index (κ3) is 4.91. The van der Waals surface area contributed by atoms with Crippen LogP contribution in [0, 0.1) is 24.2 Å². The van der Waals surface area contributed by atoms with E-state index in [1.54, 1.807) is 0 Å². The largest absolute Gasteiger partial charge is 0.302 e. The molecule has 1 saturated heterocycles. The van der Waals surface area contributed by atoms with Crippen molar-refractivity contribution >= 4 is 44.2 Å². The molecule has 1 aliphatic heterocycles. The maximum Gasteiger partial charge on any atom is 0.229 e. The van der Waals surface area contributed by atoms with Crippen molar-refractivity contribution in [1.29, 1.82) is 5.26 Å². The molecule has 23 heavy (non-hydrogen) atoms. The number of nitrogens with one attached hydrogen (secondary N) is 1.